The van der Waals surface area contributed by atoms with Crippen LogP contribution >= 0.6 is 23.2 Å². The Balaban J connectivity index is 2.09. The van der Waals surface area contributed by atoms with Gasteiger partial charge >= 0.3 is 10.1 Å². The molecule has 0 spiro atoms. The summed E-state index contributed by atoms with van der Waals surface area (Å²) in [5, 5.41) is 1.06. The van der Waals surface area contributed by atoms with Crippen molar-refractivity contribution in [1.29, 1.82) is 0 Å². The standard InChI is InChI=1S/C15H9Cl2NO3S/c16-11-6-7-12(17)14(9-11)22(19,20)21-13-5-1-3-10-4-2-8-18-15(10)13/h1-9H. The van der Waals surface area contributed by atoms with Gasteiger partial charge < -0.3 is 4.18 Å². The van der Waals surface area contributed by atoms with E-state index in [4.69, 9.17) is 27.4 Å². The van der Waals surface area contributed by atoms with Gasteiger partial charge in [-0.2, -0.15) is 8.42 Å². The van der Waals surface area contributed by atoms with Gasteiger partial charge in [-0.3, -0.25) is 4.98 Å². The summed E-state index contributed by atoms with van der Waals surface area (Å²) in [5.74, 6) is 0.133. The second-order valence-corrected chi connectivity index (χ2v) is 6.80. The van der Waals surface area contributed by atoms with Crippen LogP contribution in [-0.4, -0.2) is 13.4 Å². The Kier molecular flexibility index (Phi) is 3.95. The van der Waals surface area contributed by atoms with E-state index in [-0.39, 0.29) is 20.7 Å². The number of nitrogens with zero attached hydrogens (tertiary/aromatic N) is 1. The van der Waals surface area contributed by atoms with Crippen molar-refractivity contribution < 1.29 is 12.6 Å². The summed E-state index contributed by atoms with van der Waals surface area (Å²) in [6, 6.07) is 12.8. The van der Waals surface area contributed by atoms with E-state index in [9.17, 15) is 8.42 Å². The lowest BCUT2D eigenvalue weighted by molar-refractivity contribution is 0.488. The molecule has 2 aromatic carbocycles. The van der Waals surface area contributed by atoms with Crippen LogP contribution in [0.3, 0.4) is 0 Å². The Morgan fingerprint density at radius 1 is 1.00 bits per heavy atom. The van der Waals surface area contributed by atoms with Crippen molar-refractivity contribution >= 4 is 44.2 Å². The van der Waals surface area contributed by atoms with Crippen LogP contribution in [-0.2, 0) is 10.1 Å². The molecule has 3 aromatic rings. The number of aromatic nitrogens is 1. The average molecular weight is 354 g/mol. The first kappa shape index (κ1) is 15.1. The van der Waals surface area contributed by atoms with E-state index in [1.54, 1.807) is 18.3 Å². The minimum absolute atomic E-state index is 0.0394. The van der Waals surface area contributed by atoms with Crippen LogP contribution in [0, 0.1) is 0 Å². The highest BCUT2D eigenvalue weighted by atomic mass is 35.5. The molecule has 0 atom stereocenters. The number of benzene rings is 2. The first-order valence-corrected chi connectivity index (χ1v) is 8.37. The van der Waals surface area contributed by atoms with E-state index in [1.807, 2.05) is 12.1 Å². The van der Waals surface area contributed by atoms with Crippen LogP contribution in [0.4, 0.5) is 0 Å². The number of hydrogen-bond acceptors (Lipinski definition) is 4. The maximum atomic E-state index is 12.4. The van der Waals surface area contributed by atoms with Crippen molar-refractivity contribution in [2.45, 2.75) is 4.90 Å². The molecule has 0 aliphatic rings. The molecular weight excluding hydrogens is 345 g/mol. The summed E-state index contributed by atoms with van der Waals surface area (Å²) in [6.07, 6.45) is 1.56. The highest BCUT2D eigenvalue weighted by molar-refractivity contribution is 7.87. The first-order chi connectivity index (χ1) is 10.5. The van der Waals surface area contributed by atoms with E-state index in [0.29, 0.717) is 5.52 Å². The van der Waals surface area contributed by atoms with E-state index in [0.717, 1.165) is 5.39 Å². The minimum atomic E-state index is -4.11. The molecule has 22 heavy (non-hydrogen) atoms. The first-order valence-electron chi connectivity index (χ1n) is 6.21. The third-order valence-electron chi connectivity index (χ3n) is 2.96. The summed E-state index contributed by atoms with van der Waals surface area (Å²) in [6.45, 7) is 0. The van der Waals surface area contributed by atoms with Gasteiger partial charge in [0.15, 0.2) is 5.75 Å². The zero-order valence-electron chi connectivity index (χ0n) is 11.0. The van der Waals surface area contributed by atoms with Crippen molar-refractivity contribution in [3.63, 3.8) is 0 Å². The van der Waals surface area contributed by atoms with Gasteiger partial charge in [0.1, 0.15) is 10.4 Å². The zero-order chi connectivity index (χ0) is 15.7. The van der Waals surface area contributed by atoms with Crippen molar-refractivity contribution in [3.05, 3.63) is 64.8 Å². The van der Waals surface area contributed by atoms with Gasteiger partial charge in [-0.15, -0.1) is 0 Å². The Morgan fingerprint density at radius 3 is 2.59 bits per heavy atom. The molecule has 0 fully saturated rings. The van der Waals surface area contributed by atoms with Crippen LogP contribution in [0.2, 0.25) is 10.0 Å². The topological polar surface area (TPSA) is 56.3 Å². The van der Waals surface area contributed by atoms with E-state index in [2.05, 4.69) is 4.98 Å². The molecular formula is C15H9Cl2NO3S. The number of pyridine rings is 1. The zero-order valence-corrected chi connectivity index (χ0v) is 13.4. The molecule has 1 aromatic heterocycles. The van der Waals surface area contributed by atoms with Crippen LogP contribution in [0.15, 0.2) is 59.6 Å². The third-order valence-corrected chi connectivity index (χ3v) is 4.91. The number of halogens is 2. The summed E-state index contributed by atoms with van der Waals surface area (Å²) < 4.78 is 30.1. The quantitative estimate of drug-likeness (QED) is 0.658. The van der Waals surface area contributed by atoms with Crippen LogP contribution in [0.5, 0.6) is 5.75 Å². The highest BCUT2D eigenvalue weighted by Crippen LogP contribution is 2.30. The smallest absolute Gasteiger partial charge is 0.340 e. The van der Waals surface area contributed by atoms with Crippen LogP contribution in [0.1, 0.15) is 0 Å². The molecule has 4 nitrogen and oxygen atoms in total. The third kappa shape index (κ3) is 2.88. The molecule has 0 bridgehead atoms. The Morgan fingerprint density at radius 2 is 1.77 bits per heavy atom. The van der Waals surface area contributed by atoms with Crippen molar-refractivity contribution in [3.8, 4) is 5.75 Å². The molecule has 3 rings (SSSR count). The summed E-state index contributed by atoms with van der Waals surface area (Å²) in [5.41, 5.74) is 0.451. The summed E-state index contributed by atoms with van der Waals surface area (Å²) in [4.78, 5) is 3.96. The maximum Gasteiger partial charge on any atom is 0.340 e. The lowest BCUT2D eigenvalue weighted by atomic mass is 10.2. The highest BCUT2D eigenvalue weighted by Gasteiger charge is 2.22. The second-order valence-electron chi connectivity index (χ2n) is 4.44. The molecule has 7 heteroatoms. The summed E-state index contributed by atoms with van der Waals surface area (Å²) in [7, 11) is -4.11. The van der Waals surface area contributed by atoms with Crippen molar-refractivity contribution in [2.75, 3.05) is 0 Å². The lowest BCUT2D eigenvalue weighted by Gasteiger charge is -2.10. The lowest BCUT2D eigenvalue weighted by Crippen LogP contribution is -2.10. The molecule has 0 N–H and O–H groups in total. The Labute approximate surface area is 137 Å². The number of para-hydroxylation sites is 1. The Bertz CT molecular complexity index is 953. The molecule has 0 saturated heterocycles. The summed E-state index contributed by atoms with van der Waals surface area (Å²) >= 11 is 11.8. The van der Waals surface area contributed by atoms with E-state index < -0.39 is 10.1 Å². The largest absolute Gasteiger partial charge is 0.377 e. The molecule has 0 unspecified atom stereocenters. The van der Waals surface area contributed by atoms with Gasteiger partial charge in [0.25, 0.3) is 0 Å². The number of fused-ring (bicyclic) bond motifs is 1. The van der Waals surface area contributed by atoms with Gasteiger partial charge in [0, 0.05) is 16.6 Å². The van der Waals surface area contributed by atoms with Gasteiger partial charge in [-0.05, 0) is 30.3 Å². The average Bonchev–Trinajstić information content (AvgIpc) is 2.50. The monoisotopic (exact) mass is 353 g/mol. The van der Waals surface area contributed by atoms with E-state index >= 15 is 0 Å². The molecule has 0 radical (unpaired) electrons. The van der Waals surface area contributed by atoms with Gasteiger partial charge in [-0.25, -0.2) is 0 Å². The molecule has 112 valence electrons. The Hall–Kier alpha value is -1.82. The maximum absolute atomic E-state index is 12.4. The predicted octanol–water partition coefficient (Wildman–Crippen LogP) is 4.31. The fourth-order valence-electron chi connectivity index (χ4n) is 1.98. The molecule has 0 saturated carbocycles. The minimum Gasteiger partial charge on any atom is -0.377 e. The van der Waals surface area contributed by atoms with E-state index in [1.165, 1.54) is 24.3 Å². The van der Waals surface area contributed by atoms with Gasteiger partial charge in [0.2, 0.25) is 0 Å². The van der Waals surface area contributed by atoms with Crippen LogP contribution in [0.25, 0.3) is 10.9 Å². The predicted molar refractivity (Wildman–Crippen MR) is 86.0 cm³/mol. The van der Waals surface area contributed by atoms with Crippen LogP contribution < -0.4 is 4.18 Å². The SMILES string of the molecule is O=S(=O)(Oc1cccc2cccnc12)c1cc(Cl)ccc1Cl. The van der Waals surface area contributed by atoms with Crippen molar-refractivity contribution in [2.24, 2.45) is 0 Å². The fourth-order valence-corrected chi connectivity index (χ4v) is 3.65. The molecule has 0 aliphatic heterocycles. The van der Waals surface area contributed by atoms with Gasteiger partial charge in [-0.1, -0.05) is 41.4 Å². The van der Waals surface area contributed by atoms with Crippen molar-refractivity contribution in [1.82, 2.24) is 4.98 Å². The molecule has 0 aliphatic carbocycles. The normalized spacial score (nSPS) is 11.5. The number of hydrogen-bond donors (Lipinski definition) is 0. The second kappa shape index (κ2) is 5.76. The van der Waals surface area contributed by atoms with Gasteiger partial charge in [0.05, 0.1) is 5.02 Å². The number of rotatable bonds is 3. The molecule has 1 heterocycles. The fraction of sp³-hybridized carbons (Fsp3) is 0. The molecule has 0 amide bonds.